The highest BCUT2D eigenvalue weighted by molar-refractivity contribution is 9.10. The molecule has 1 aliphatic rings. The molecule has 112 valence electrons. The van der Waals surface area contributed by atoms with E-state index in [-0.39, 0.29) is 6.54 Å². The number of hydrogen-bond acceptors (Lipinski definition) is 2. The molecule has 0 heterocycles. The minimum atomic E-state index is -4.12. The molecule has 1 N–H and O–H groups in total. The molecule has 0 aliphatic heterocycles. The first-order valence-corrected chi connectivity index (χ1v) is 7.44. The molecule has 1 aliphatic carbocycles. The Morgan fingerprint density at radius 1 is 1.35 bits per heavy atom. The summed E-state index contributed by atoms with van der Waals surface area (Å²) >= 11 is 3.38. The zero-order valence-electron chi connectivity index (χ0n) is 11.3. The lowest BCUT2D eigenvalue weighted by Crippen LogP contribution is -2.26. The quantitative estimate of drug-likeness (QED) is 0.831. The van der Waals surface area contributed by atoms with Gasteiger partial charge in [0.1, 0.15) is 0 Å². The summed E-state index contributed by atoms with van der Waals surface area (Å²) < 4.78 is 37.9. The highest BCUT2D eigenvalue weighted by Crippen LogP contribution is 2.28. The number of alkyl halides is 3. The largest absolute Gasteiger partial charge is 0.390 e. The van der Waals surface area contributed by atoms with Gasteiger partial charge in [0.25, 0.3) is 0 Å². The van der Waals surface area contributed by atoms with Crippen LogP contribution in [0.3, 0.4) is 0 Å². The van der Waals surface area contributed by atoms with Gasteiger partial charge in [-0.25, -0.2) is 0 Å². The number of nitrogens with one attached hydrogen (secondary N) is 1. The van der Waals surface area contributed by atoms with E-state index < -0.39 is 12.6 Å². The first-order chi connectivity index (χ1) is 9.35. The lowest BCUT2D eigenvalue weighted by atomic mass is 10.1. The molecule has 0 atom stereocenters. The van der Waals surface area contributed by atoms with E-state index in [1.807, 2.05) is 18.2 Å². The highest BCUT2D eigenvalue weighted by Gasteiger charge is 2.27. The summed E-state index contributed by atoms with van der Waals surface area (Å²) in [6.07, 6.45) is -2.54. The second-order valence-corrected chi connectivity index (χ2v) is 6.13. The van der Waals surface area contributed by atoms with Crippen LogP contribution in [0.4, 0.5) is 18.9 Å². The molecular formula is C14H18BrF3N2. The molecule has 2 rings (SSSR count). The van der Waals surface area contributed by atoms with E-state index in [2.05, 4.69) is 21.2 Å². The molecule has 0 unspecified atom stereocenters. The zero-order valence-corrected chi connectivity index (χ0v) is 12.9. The average molecular weight is 351 g/mol. The van der Waals surface area contributed by atoms with Crippen molar-refractivity contribution in [2.75, 3.05) is 18.5 Å². The summed E-state index contributed by atoms with van der Waals surface area (Å²) in [7, 11) is 1.70. The van der Waals surface area contributed by atoms with E-state index in [0.717, 1.165) is 15.7 Å². The molecule has 6 heteroatoms. The standard InChI is InChI=1S/C14H18BrF3N2/c1-20(7-6-14(16,17)18)13-8-11(15)3-2-10(13)9-19-12-4-5-12/h2-3,8,12,19H,4-7,9H2,1H3. The van der Waals surface area contributed by atoms with Gasteiger partial charge in [-0.05, 0) is 30.5 Å². The molecule has 20 heavy (non-hydrogen) atoms. The number of rotatable bonds is 6. The van der Waals surface area contributed by atoms with Crippen LogP contribution in [0.1, 0.15) is 24.8 Å². The summed E-state index contributed by atoms with van der Waals surface area (Å²) in [6, 6.07) is 6.33. The van der Waals surface area contributed by atoms with Crippen molar-refractivity contribution in [3.8, 4) is 0 Å². The van der Waals surface area contributed by atoms with E-state index in [1.54, 1.807) is 11.9 Å². The van der Waals surface area contributed by atoms with Crippen molar-refractivity contribution in [1.82, 2.24) is 5.32 Å². The second-order valence-electron chi connectivity index (χ2n) is 5.21. The van der Waals surface area contributed by atoms with Crippen molar-refractivity contribution in [3.63, 3.8) is 0 Å². The van der Waals surface area contributed by atoms with Crippen molar-refractivity contribution in [2.24, 2.45) is 0 Å². The number of halogens is 4. The molecule has 1 fully saturated rings. The molecule has 1 saturated carbocycles. The van der Waals surface area contributed by atoms with Crippen LogP contribution in [-0.4, -0.2) is 25.8 Å². The van der Waals surface area contributed by atoms with Crippen molar-refractivity contribution < 1.29 is 13.2 Å². The summed E-state index contributed by atoms with van der Waals surface area (Å²) in [4.78, 5) is 1.67. The van der Waals surface area contributed by atoms with E-state index in [1.165, 1.54) is 12.8 Å². The van der Waals surface area contributed by atoms with Gasteiger partial charge in [-0.15, -0.1) is 0 Å². The third kappa shape index (κ3) is 4.98. The van der Waals surface area contributed by atoms with Gasteiger partial charge in [0.2, 0.25) is 0 Å². The maximum absolute atomic E-state index is 12.3. The predicted octanol–water partition coefficient (Wildman–Crippen LogP) is 4.09. The van der Waals surface area contributed by atoms with Gasteiger partial charge in [-0.2, -0.15) is 13.2 Å². The van der Waals surface area contributed by atoms with Crippen LogP contribution in [0.15, 0.2) is 22.7 Å². The minimum absolute atomic E-state index is 0.0314. The Bertz CT molecular complexity index is 458. The van der Waals surface area contributed by atoms with Crippen molar-refractivity contribution in [2.45, 2.75) is 38.0 Å². The molecule has 1 aromatic rings. The van der Waals surface area contributed by atoms with E-state index in [4.69, 9.17) is 0 Å². The fourth-order valence-corrected chi connectivity index (χ4v) is 2.35. The molecular weight excluding hydrogens is 333 g/mol. The Labute approximate surface area is 125 Å². The van der Waals surface area contributed by atoms with Gasteiger partial charge < -0.3 is 10.2 Å². The maximum Gasteiger partial charge on any atom is 0.390 e. The lowest BCUT2D eigenvalue weighted by molar-refractivity contribution is -0.132. The van der Waals surface area contributed by atoms with E-state index in [0.29, 0.717) is 12.6 Å². The average Bonchev–Trinajstić information content (AvgIpc) is 3.17. The third-order valence-corrected chi connectivity index (χ3v) is 3.84. The lowest BCUT2D eigenvalue weighted by Gasteiger charge is -2.23. The molecule has 0 bridgehead atoms. The molecule has 1 aromatic carbocycles. The maximum atomic E-state index is 12.3. The summed E-state index contributed by atoms with van der Waals surface area (Å²) in [5.41, 5.74) is 1.88. The van der Waals surface area contributed by atoms with Crippen molar-refractivity contribution in [3.05, 3.63) is 28.2 Å². The molecule has 0 saturated heterocycles. The number of hydrogen-bond donors (Lipinski definition) is 1. The van der Waals surface area contributed by atoms with Crippen LogP contribution >= 0.6 is 15.9 Å². The van der Waals surface area contributed by atoms with Crippen LogP contribution in [0.25, 0.3) is 0 Å². The fraction of sp³-hybridized carbons (Fsp3) is 0.571. The Morgan fingerprint density at radius 2 is 2.05 bits per heavy atom. The van der Waals surface area contributed by atoms with Gasteiger partial charge in [0.15, 0.2) is 0 Å². The van der Waals surface area contributed by atoms with Gasteiger partial charge in [-0.3, -0.25) is 0 Å². The Hall–Kier alpha value is -0.750. The van der Waals surface area contributed by atoms with Crippen LogP contribution < -0.4 is 10.2 Å². The molecule has 2 nitrogen and oxygen atoms in total. The first kappa shape index (κ1) is 15.6. The highest BCUT2D eigenvalue weighted by atomic mass is 79.9. The smallest absolute Gasteiger partial charge is 0.374 e. The summed E-state index contributed by atoms with van der Waals surface area (Å²) in [6.45, 7) is 0.667. The number of nitrogens with zero attached hydrogens (tertiary/aromatic N) is 1. The third-order valence-electron chi connectivity index (χ3n) is 3.35. The minimum Gasteiger partial charge on any atom is -0.374 e. The first-order valence-electron chi connectivity index (χ1n) is 6.65. The zero-order chi connectivity index (χ0) is 14.8. The van der Waals surface area contributed by atoms with Gasteiger partial charge in [0, 0.05) is 36.3 Å². The topological polar surface area (TPSA) is 15.3 Å². The van der Waals surface area contributed by atoms with E-state index in [9.17, 15) is 13.2 Å². The van der Waals surface area contributed by atoms with Gasteiger partial charge in [-0.1, -0.05) is 22.0 Å². The molecule has 0 aromatic heterocycles. The van der Waals surface area contributed by atoms with Gasteiger partial charge >= 0.3 is 6.18 Å². The Balaban J connectivity index is 2.04. The Kier molecular flexibility index (Phi) is 4.96. The monoisotopic (exact) mass is 350 g/mol. The second kappa shape index (κ2) is 6.35. The predicted molar refractivity (Wildman–Crippen MR) is 77.9 cm³/mol. The molecule has 0 radical (unpaired) electrons. The van der Waals surface area contributed by atoms with Crippen LogP contribution in [0.2, 0.25) is 0 Å². The van der Waals surface area contributed by atoms with E-state index >= 15 is 0 Å². The molecule has 0 spiro atoms. The number of benzene rings is 1. The van der Waals surface area contributed by atoms with Gasteiger partial charge in [0.05, 0.1) is 6.42 Å². The normalized spacial score (nSPS) is 15.4. The SMILES string of the molecule is CN(CCC(F)(F)F)c1cc(Br)ccc1CNC1CC1. The van der Waals surface area contributed by atoms with Crippen LogP contribution in [0, 0.1) is 0 Å². The number of anilines is 1. The van der Waals surface area contributed by atoms with Crippen molar-refractivity contribution in [1.29, 1.82) is 0 Å². The van der Waals surface area contributed by atoms with Crippen LogP contribution in [0.5, 0.6) is 0 Å². The van der Waals surface area contributed by atoms with Crippen molar-refractivity contribution >= 4 is 21.6 Å². The van der Waals surface area contributed by atoms with Crippen LogP contribution in [-0.2, 0) is 6.54 Å². The molecule has 0 amide bonds. The summed E-state index contributed by atoms with van der Waals surface area (Å²) in [5, 5.41) is 3.40. The Morgan fingerprint density at radius 3 is 2.65 bits per heavy atom. The summed E-state index contributed by atoms with van der Waals surface area (Å²) in [5.74, 6) is 0. The fourth-order valence-electron chi connectivity index (χ4n) is 2.00.